The Morgan fingerprint density at radius 1 is 0.968 bits per heavy atom. The highest BCUT2D eigenvalue weighted by molar-refractivity contribution is 5.85. The summed E-state index contributed by atoms with van der Waals surface area (Å²) in [7, 11) is 0. The van der Waals surface area contributed by atoms with Crippen molar-refractivity contribution in [1.29, 1.82) is 0 Å². The standard InChI is InChI=1S/C26H25N3O2/c30-24-14-18(10-12-27-24)19-6-3-5-17-11-13-29(26(31)25(17)19)23-15-20(23)22-9-8-16-4-1-2-7-21(16)28-22/h1-9,11,13,18,20,23-24,27,30H,10,12,14-15H2/t18?,20-,23+,24+/m0/s1. The molecule has 1 aliphatic heterocycles. The van der Waals surface area contributed by atoms with Crippen LogP contribution in [0.1, 0.15) is 48.4 Å². The number of nitrogens with zero attached hydrogens (tertiary/aromatic N) is 2. The monoisotopic (exact) mass is 411 g/mol. The summed E-state index contributed by atoms with van der Waals surface area (Å²) in [5, 5.41) is 16.1. The summed E-state index contributed by atoms with van der Waals surface area (Å²) in [5.74, 6) is 0.466. The molecule has 2 fully saturated rings. The van der Waals surface area contributed by atoms with Crippen LogP contribution in [0, 0.1) is 0 Å². The maximum Gasteiger partial charge on any atom is 0.258 e. The fourth-order valence-corrected chi connectivity index (χ4v) is 5.21. The molecule has 3 heterocycles. The van der Waals surface area contributed by atoms with Gasteiger partial charge in [0.25, 0.3) is 5.56 Å². The molecule has 4 atom stereocenters. The zero-order valence-electron chi connectivity index (χ0n) is 17.2. The number of fused-ring (bicyclic) bond motifs is 2. The predicted molar refractivity (Wildman–Crippen MR) is 122 cm³/mol. The van der Waals surface area contributed by atoms with Crippen molar-refractivity contribution in [2.75, 3.05) is 6.54 Å². The lowest BCUT2D eigenvalue weighted by atomic mass is 9.86. The fraction of sp³-hybridized carbons (Fsp3) is 0.308. The van der Waals surface area contributed by atoms with Crippen LogP contribution in [0.5, 0.6) is 0 Å². The summed E-state index contributed by atoms with van der Waals surface area (Å²) in [6.45, 7) is 0.765. The molecular formula is C26H25N3O2. The molecule has 1 saturated heterocycles. The van der Waals surface area contributed by atoms with E-state index in [-0.39, 0.29) is 23.4 Å². The molecule has 0 spiro atoms. The molecule has 1 saturated carbocycles. The van der Waals surface area contributed by atoms with Crippen LogP contribution >= 0.6 is 0 Å². The van der Waals surface area contributed by atoms with Crippen molar-refractivity contribution < 1.29 is 5.11 Å². The molecule has 156 valence electrons. The van der Waals surface area contributed by atoms with E-state index in [0.717, 1.165) is 52.3 Å². The summed E-state index contributed by atoms with van der Waals surface area (Å²) in [5.41, 5.74) is 3.21. The second kappa shape index (κ2) is 7.29. The van der Waals surface area contributed by atoms with Crippen LogP contribution in [-0.4, -0.2) is 27.4 Å². The van der Waals surface area contributed by atoms with Gasteiger partial charge in [0.05, 0.1) is 10.9 Å². The summed E-state index contributed by atoms with van der Waals surface area (Å²) < 4.78 is 1.91. The van der Waals surface area contributed by atoms with Crippen LogP contribution in [0.2, 0.25) is 0 Å². The van der Waals surface area contributed by atoms with E-state index in [9.17, 15) is 9.90 Å². The number of nitrogens with one attached hydrogen (secondary N) is 1. The summed E-state index contributed by atoms with van der Waals surface area (Å²) in [6, 6.07) is 20.7. The van der Waals surface area contributed by atoms with Crippen molar-refractivity contribution >= 4 is 21.7 Å². The van der Waals surface area contributed by atoms with Gasteiger partial charge in [0.2, 0.25) is 0 Å². The van der Waals surface area contributed by atoms with E-state index >= 15 is 0 Å². The Kier molecular flexibility index (Phi) is 4.40. The first-order valence-electron chi connectivity index (χ1n) is 11.1. The Bertz CT molecular complexity index is 1350. The number of pyridine rings is 2. The highest BCUT2D eigenvalue weighted by Gasteiger charge is 2.42. The van der Waals surface area contributed by atoms with Gasteiger partial charge < -0.3 is 9.67 Å². The zero-order chi connectivity index (χ0) is 20.9. The van der Waals surface area contributed by atoms with Crippen LogP contribution < -0.4 is 10.9 Å². The number of benzene rings is 2. The van der Waals surface area contributed by atoms with Crippen molar-refractivity contribution in [3.63, 3.8) is 0 Å². The van der Waals surface area contributed by atoms with Crippen molar-refractivity contribution in [1.82, 2.24) is 14.9 Å². The first-order valence-corrected chi connectivity index (χ1v) is 11.1. The van der Waals surface area contributed by atoms with E-state index in [1.807, 2.05) is 41.1 Å². The van der Waals surface area contributed by atoms with E-state index in [1.54, 1.807) is 0 Å². The maximum atomic E-state index is 13.6. The third-order valence-corrected chi connectivity index (χ3v) is 6.93. The number of aliphatic hydroxyl groups excluding tert-OH is 1. The van der Waals surface area contributed by atoms with Gasteiger partial charge in [-0.1, -0.05) is 42.5 Å². The highest BCUT2D eigenvalue weighted by Crippen LogP contribution is 2.50. The quantitative estimate of drug-likeness (QED) is 0.533. The third kappa shape index (κ3) is 3.25. The zero-order valence-corrected chi connectivity index (χ0v) is 17.2. The first kappa shape index (κ1) is 18.7. The molecular weight excluding hydrogens is 386 g/mol. The average Bonchev–Trinajstić information content (AvgIpc) is 3.59. The lowest BCUT2D eigenvalue weighted by molar-refractivity contribution is 0.0980. The first-order chi connectivity index (χ1) is 15.2. The van der Waals surface area contributed by atoms with Crippen molar-refractivity contribution in [3.8, 4) is 0 Å². The smallest absolute Gasteiger partial charge is 0.258 e. The molecule has 1 aliphatic carbocycles. The molecule has 5 heteroatoms. The van der Waals surface area contributed by atoms with Crippen LogP contribution in [0.25, 0.3) is 21.7 Å². The Morgan fingerprint density at radius 2 is 1.84 bits per heavy atom. The second-order valence-electron chi connectivity index (χ2n) is 8.87. The molecule has 1 unspecified atom stereocenters. The molecule has 2 aromatic carbocycles. The Morgan fingerprint density at radius 3 is 2.74 bits per heavy atom. The van der Waals surface area contributed by atoms with Gasteiger partial charge >= 0.3 is 0 Å². The van der Waals surface area contributed by atoms with Crippen LogP contribution in [-0.2, 0) is 0 Å². The average molecular weight is 412 g/mol. The van der Waals surface area contributed by atoms with E-state index in [0.29, 0.717) is 6.42 Å². The molecule has 4 aromatic rings. The number of aromatic nitrogens is 2. The van der Waals surface area contributed by atoms with Crippen molar-refractivity contribution in [2.24, 2.45) is 0 Å². The third-order valence-electron chi connectivity index (χ3n) is 6.93. The molecule has 5 nitrogen and oxygen atoms in total. The Hall–Kier alpha value is -3.02. The molecule has 31 heavy (non-hydrogen) atoms. The minimum absolute atomic E-state index is 0.0782. The minimum atomic E-state index is -0.508. The lowest BCUT2D eigenvalue weighted by Gasteiger charge is -2.28. The molecule has 2 aromatic heterocycles. The van der Waals surface area contributed by atoms with Gasteiger partial charge in [-0.25, -0.2) is 0 Å². The maximum absolute atomic E-state index is 13.6. The van der Waals surface area contributed by atoms with E-state index in [4.69, 9.17) is 4.98 Å². The van der Waals surface area contributed by atoms with Crippen LogP contribution in [0.15, 0.2) is 71.7 Å². The molecule has 6 rings (SSSR count). The largest absolute Gasteiger partial charge is 0.379 e. The van der Waals surface area contributed by atoms with E-state index < -0.39 is 6.23 Å². The van der Waals surface area contributed by atoms with Crippen molar-refractivity contribution in [3.05, 3.63) is 88.5 Å². The lowest BCUT2D eigenvalue weighted by Crippen LogP contribution is -2.37. The normalized spacial score (nSPS) is 25.7. The molecule has 0 bridgehead atoms. The number of aliphatic hydroxyl groups is 1. The number of hydrogen-bond donors (Lipinski definition) is 2. The topological polar surface area (TPSA) is 67.2 Å². The van der Waals surface area contributed by atoms with Gasteiger partial charge in [-0.2, -0.15) is 0 Å². The van der Waals surface area contributed by atoms with Gasteiger partial charge in [-0.3, -0.25) is 15.1 Å². The minimum Gasteiger partial charge on any atom is -0.379 e. The molecule has 2 N–H and O–H groups in total. The van der Waals surface area contributed by atoms with Gasteiger partial charge in [-0.15, -0.1) is 0 Å². The number of hydrogen-bond acceptors (Lipinski definition) is 4. The molecule has 0 radical (unpaired) electrons. The summed E-state index contributed by atoms with van der Waals surface area (Å²) in [6.07, 6.45) is 3.94. The van der Waals surface area contributed by atoms with E-state index in [2.05, 4.69) is 35.6 Å². The Labute approximate surface area is 180 Å². The van der Waals surface area contributed by atoms with Crippen molar-refractivity contribution in [2.45, 2.75) is 43.4 Å². The highest BCUT2D eigenvalue weighted by atomic mass is 16.3. The van der Waals surface area contributed by atoms with Crippen LogP contribution in [0.4, 0.5) is 0 Å². The Balaban J connectivity index is 1.38. The summed E-state index contributed by atoms with van der Waals surface area (Å²) >= 11 is 0. The van der Waals surface area contributed by atoms with Gasteiger partial charge in [-0.05, 0) is 60.9 Å². The van der Waals surface area contributed by atoms with Gasteiger partial charge in [0, 0.05) is 29.2 Å². The molecule has 0 amide bonds. The number of piperidine rings is 1. The van der Waals surface area contributed by atoms with Gasteiger partial charge in [0.1, 0.15) is 6.23 Å². The van der Waals surface area contributed by atoms with E-state index in [1.165, 1.54) is 0 Å². The fourth-order valence-electron chi connectivity index (χ4n) is 5.21. The van der Waals surface area contributed by atoms with Gasteiger partial charge in [0.15, 0.2) is 0 Å². The number of para-hydroxylation sites is 1. The molecule has 2 aliphatic rings. The number of rotatable bonds is 3. The summed E-state index contributed by atoms with van der Waals surface area (Å²) in [4.78, 5) is 18.5. The van der Waals surface area contributed by atoms with Crippen LogP contribution in [0.3, 0.4) is 0 Å². The predicted octanol–water partition coefficient (Wildman–Crippen LogP) is 4.06. The second-order valence-corrected chi connectivity index (χ2v) is 8.87. The SMILES string of the molecule is O=c1c2c(C3CCN[C@H](O)C3)cccc2ccn1[C@@H]1C[C@H]1c1ccc2ccccc2n1.